The van der Waals surface area contributed by atoms with Crippen LogP contribution in [-0.4, -0.2) is 16.2 Å². The first-order valence-corrected chi connectivity index (χ1v) is 7.31. The lowest BCUT2D eigenvalue weighted by atomic mass is 10.2. The summed E-state index contributed by atoms with van der Waals surface area (Å²) < 4.78 is 46.2. The van der Waals surface area contributed by atoms with Gasteiger partial charge in [0.15, 0.2) is 0 Å². The molecule has 0 N–H and O–H groups in total. The van der Waals surface area contributed by atoms with Crippen LogP contribution in [0.15, 0.2) is 36.4 Å². The number of benzene rings is 2. The fraction of sp³-hybridized carbons (Fsp3) is 0.188. The molecule has 118 valence electrons. The van der Waals surface area contributed by atoms with Gasteiger partial charge in [-0.1, -0.05) is 11.6 Å². The molecule has 2 aromatic carbocycles. The largest absolute Gasteiger partial charge is 0.491 e. The van der Waals surface area contributed by atoms with Crippen LogP contribution in [0.2, 0.25) is 5.02 Å². The summed E-state index contributed by atoms with van der Waals surface area (Å²) in [6.45, 7) is 0.914. The van der Waals surface area contributed by atoms with Crippen LogP contribution in [0.1, 0.15) is 5.56 Å². The van der Waals surface area contributed by atoms with Crippen molar-refractivity contribution in [2.24, 2.45) is 0 Å². The van der Waals surface area contributed by atoms with Gasteiger partial charge in [-0.2, -0.15) is 13.2 Å². The first-order valence-electron chi connectivity index (χ1n) is 6.94. The summed E-state index contributed by atoms with van der Waals surface area (Å²) in [6, 6.07) is 8.76. The smallest absolute Gasteiger partial charge is 0.416 e. The average Bonchev–Trinajstić information content (AvgIpc) is 2.76. The van der Waals surface area contributed by atoms with Crippen LogP contribution in [0, 0.1) is 0 Å². The van der Waals surface area contributed by atoms with Crippen molar-refractivity contribution < 1.29 is 17.9 Å². The van der Waals surface area contributed by atoms with E-state index in [4.69, 9.17) is 16.3 Å². The van der Waals surface area contributed by atoms with Gasteiger partial charge in [-0.05, 0) is 36.4 Å². The molecule has 1 aliphatic heterocycles. The third-order valence-corrected chi connectivity index (χ3v) is 4.07. The van der Waals surface area contributed by atoms with Gasteiger partial charge in [-0.25, -0.2) is 4.98 Å². The minimum atomic E-state index is -4.39. The molecule has 7 heteroatoms. The molecule has 0 amide bonds. The summed E-state index contributed by atoms with van der Waals surface area (Å²) in [7, 11) is 0. The van der Waals surface area contributed by atoms with E-state index in [1.165, 1.54) is 6.07 Å². The summed E-state index contributed by atoms with van der Waals surface area (Å²) in [6.07, 6.45) is -4.39. The van der Waals surface area contributed by atoms with Crippen molar-refractivity contribution in [3.05, 3.63) is 47.0 Å². The lowest BCUT2D eigenvalue weighted by molar-refractivity contribution is -0.137. The van der Waals surface area contributed by atoms with Crippen LogP contribution in [-0.2, 0) is 12.7 Å². The lowest BCUT2D eigenvalue weighted by Crippen LogP contribution is -2.06. The quantitative estimate of drug-likeness (QED) is 0.590. The number of alkyl halides is 3. The maximum Gasteiger partial charge on any atom is 0.416 e. The Hall–Kier alpha value is -2.21. The Balaban J connectivity index is 1.98. The van der Waals surface area contributed by atoms with E-state index in [1.54, 1.807) is 18.2 Å². The topological polar surface area (TPSA) is 27.1 Å². The normalized spacial score (nSPS) is 14.1. The number of nitrogens with zero attached hydrogens (tertiary/aromatic N) is 2. The van der Waals surface area contributed by atoms with Crippen molar-refractivity contribution >= 4 is 22.6 Å². The number of imidazole rings is 1. The Labute approximate surface area is 134 Å². The second-order valence-electron chi connectivity index (χ2n) is 5.28. The van der Waals surface area contributed by atoms with E-state index in [2.05, 4.69) is 4.98 Å². The second-order valence-corrected chi connectivity index (χ2v) is 5.71. The standard InChI is InChI=1S/C16H10ClF3N2O/c17-10-2-4-14-11(8-10)15-21-12-7-9(16(18,19)20)1-3-13(12)22(15)5-6-23-14/h1-4,7-8H,5-6H2. The predicted molar refractivity (Wildman–Crippen MR) is 80.7 cm³/mol. The molecule has 0 bridgehead atoms. The van der Waals surface area contributed by atoms with Crippen LogP contribution < -0.4 is 4.74 Å². The third-order valence-electron chi connectivity index (χ3n) is 3.83. The fourth-order valence-electron chi connectivity index (χ4n) is 2.79. The van der Waals surface area contributed by atoms with Crippen LogP contribution in [0.3, 0.4) is 0 Å². The number of hydrogen-bond acceptors (Lipinski definition) is 2. The third kappa shape index (κ3) is 2.34. The molecule has 0 atom stereocenters. The van der Waals surface area contributed by atoms with Crippen LogP contribution in [0.5, 0.6) is 5.75 Å². The summed E-state index contributed by atoms with van der Waals surface area (Å²) in [5, 5.41) is 0.517. The van der Waals surface area contributed by atoms with Gasteiger partial charge < -0.3 is 9.30 Å². The number of ether oxygens (including phenoxy) is 1. The minimum absolute atomic E-state index is 0.308. The Morgan fingerprint density at radius 2 is 1.96 bits per heavy atom. The molecule has 4 rings (SSSR count). The Bertz CT molecular complexity index is 918. The molecule has 3 aromatic rings. The molecule has 0 unspecified atom stereocenters. The number of fused-ring (bicyclic) bond motifs is 5. The van der Waals surface area contributed by atoms with Gasteiger partial charge in [0, 0.05) is 5.02 Å². The molecule has 3 nitrogen and oxygen atoms in total. The predicted octanol–water partition coefficient (Wildman–Crippen LogP) is 4.77. The molecule has 0 saturated carbocycles. The second kappa shape index (κ2) is 4.89. The summed E-state index contributed by atoms with van der Waals surface area (Å²) in [5.74, 6) is 1.19. The minimum Gasteiger partial charge on any atom is -0.491 e. The number of halogens is 4. The Kier molecular flexibility index (Phi) is 3.06. The van der Waals surface area contributed by atoms with E-state index in [9.17, 15) is 13.2 Å². The van der Waals surface area contributed by atoms with Crippen LogP contribution in [0.4, 0.5) is 13.2 Å². The van der Waals surface area contributed by atoms with Gasteiger partial charge in [0.25, 0.3) is 0 Å². The van der Waals surface area contributed by atoms with Gasteiger partial charge >= 0.3 is 6.18 Å². The Morgan fingerprint density at radius 1 is 1.13 bits per heavy atom. The van der Waals surface area contributed by atoms with E-state index in [1.807, 2.05) is 4.57 Å². The zero-order valence-electron chi connectivity index (χ0n) is 11.7. The van der Waals surface area contributed by atoms with Crippen molar-refractivity contribution in [3.8, 4) is 17.1 Å². The van der Waals surface area contributed by atoms with Gasteiger partial charge in [0.1, 0.15) is 18.2 Å². The molecule has 23 heavy (non-hydrogen) atoms. The van der Waals surface area contributed by atoms with E-state index in [0.717, 1.165) is 12.1 Å². The van der Waals surface area contributed by atoms with Gasteiger partial charge in [-0.15, -0.1) is 0 Å². The zero-order chi connectivity index (χ0) is 16.2. The van der Waals surface area contributed by atoms with Crippen LogP contribution >= 0.6 is 11.6 Å². The van der Waals surface area contributed by atoms with Gasteiger partial charge in [0.2, 0.25) is 0 Å². The molecule has 0 radical (unpaired) electrons. The van der Waals surface area contributed by atoms with E-state index < -0.39 is 11.7 Å². The van der Waals surface area contributed by atoms with E-state index in [0.29, 0.717) is 46.3 Å². The van der Waals surface area contributed by atoms with Crippen molar-refractivity contribution in [2.45, 2.75) is 12.7 Å². The molecule has 0 saturated heterocycles. The maximum absolute atomic E-state index is 12.9. The van der Waals surface area contributed by atoms with E-state index in [-0.39, 0.29) is 0 Å². The lowest BCUT2D eigenvalue weighted by Gasteiger charge is -2.07. The molecule has 1 aromatic heterocycles. The molecular weight excluding hydrogens is 329 g/mol. The molecular formula is C16H10ClF3N2O. The van der Waals surface area contributed by atoms with Gasteiger partial charge in [0.05, 0.1) is 28.7 Å². The monoisotopic (exact) mass is 338 g/mol. The summed E-state index contributed by atoms with van der Waals surface area (Å²) >= 11 is 6.04. The Morgan fingerprint density at radius 3 is 2.74 bits per heavy atom. The van der Waals surface area contributed by atoms with Crippen molar-refractivity contribution in [3.63, 3.8) is 0 Å². The van der Waals surface area contributed by atoms with E-state index >= 15 is 0 Å². The maximum atomic E-state index is 12.9. The van der Waals surface area contributed by atoms with Crippen molar-refractivity contribution in [2.75, 3.05) is 6.61 Å². The first-order chi connectivity index (χ1) is 10.9. The first kappa shape index (κ1) is 14.4. The molecule has 0 spiro atoms. The number of aromatic nitrogens is 2. The fourth-order valence-corrected chi connectivity index (χ4v) is 2.96. The van der Waals surface area contributed by atoms with Crippen molar-refractivity contribution in [1.29, 1.82) is 0 Å². The van der Waals surface area contributed by atoms with Crippen LogP contribution in [0.25, 0.3) is 22.4 Å². The van der Waals surface area contributed by atoms with Crippen molar-refractivity contribution in [1.82, 2.24) is 9.55 Å². The molecule has 0 fully saturated rings. The van der Waals surface area contributed by atoms with Gasteiger partial charge in [-0.3, -0.25) is 0 Å². The highest BCUT2D eigenvalue weighted by atomic mass is 35.5. The summed E-state index contributed by atoms with van der Waals surface area (Å²) in [5.41, 5.74) is 0.924. The molecule has 2 heterocycles. The molecule has 1 aliphatic rings. The highest BCUT2D eigenvalue weighted by Crippen LogP contribution is 2.37. The number of hydrogen-bond donors (Lipinski definition) is 0. The SMILES string of the molecule is FC(F)(F)c1ccc2c(c1)nc1n2CCOc2ccc(Cl)cc2-1. The highest BCUT2D eigenvalue weighted by Gasteiger charge is 2.31. The zero-order valence-corrected chi connectivity index (χ0v) is 12.4. The summed E-state index contributed by atoms with van der Waals surface area (Å²) in [4.78, 5) is 4.39. The number of rotatable bonds is 0. The average molecular weight is 339 g/mol. The molecule has 0 aliphatic carbocycles. The highest BCUT2D eigenvalue weighted by molar-refractivity contribution is 6.31.